The van der Waals surface area contributed by atoms with Crippen LogP contribution in [-0.2, 0) is 9.63 Å². The van der Waals surface area contributed by atoms with Crippen molar-refractivity contribution in [2.24, 2.45) is 5.16 Å². The summed E-state index contributed by atoms with van der Waals surface area (Å²) in [7, 11) is 0. The van der Waals surface area contributed by atoms with Crippen LogP contribution < -0.4 is 5.11 Å². The second-order valence-electron chi connectivity index (χ2n) is 3.69. The Labute approximate surface area is 87.2 Å². The Balaban J connectivity index is 2.21. The van der Waals surface area contributed by atoms with Crippen LogP contribution >= 0.6 is 0 Å². The summed E-state index contributed by atoms with van der Waals surface area (Å²) in [5.41, 5.74) is 0.190. The molecule has 4 nitrogen and oxygen atoms in total. The molecule has 0 fully saturated rings. The number of carboxylic acids is 1. The molecule has 78 valence electrons. The van der Waals surface area contributed by atoms with Crippen molar-refractivity contribution in [3.05, 3.63) is 35.9 Å². The molecule has 0 aliphatic carbocycles. The SMILES string of the molecule is C[C@@]1(C(=O)[O-])CC(c2ccccc2)=NO1. The fourth-order valence-electron chi connectivity index (χ4n) is 1.43. The third-order valence-corrected chi connectivity index (χ3v) is 2.40. The summed E-state index contributed by atoms with van der Waals surface area (Å²) in [6.45, 7) is 1.46. The Morgan fingerprint density at radius 2 is 2.13 bits per heavy atom. The molecule has 0 amide bonds. The Kier molecular flexibility index (Phi) is 2.19. The quantitative estimate of drug-likeness (QED) is 0.697. The number of aliphatic carboxylic acids is 1. The first-order valence-electron chi connectivity index (χ1n) is 4.64. The van der Waals surface area contributed by atoms with Gasteiger partial charge in [0.2, 0.25) is 0 Å². The zero-order valence-corrected chi connectivity index (χ0v) is 8.27. The molecule has 0 saturated heterocycles. The predicted octanol–water partition coefficient (Wildman–Crippen LogP) is 0.320. The van der Waals surface area contributed by atoms with E-state index in [4.69, 9.17) is 4.84 Å². The topological polar surface area (TPSA) is 61.7 Å². The van der Waals surface area contributed by atoms with Crippen LogP contribution in [-0.4, -0.2) is 17.3 Å². The molecule has 15 heavy (non-hydrogen) atoms. The third kappa shape index (κ3) is 1.70. The van der Waals surface area contributed by atoms with Gasteiger partial charge < -0.3 is 14.7 Å². The molecule has 0 saturated carbocycles. The molecular weight excluding hydrogens is 194 g/mol. The van der Waals surface area contributed by atoms with E-state index >= 15 is 0 Å². The van der Waals surface area contributed by atoms with Gasteiger partial charge in [-0.2, -0.15) is 0 Å². The van der Waals surface area contributed by atoms with Gasteiger partial charge >= 0.3 is 0 Å². The minimum Gasteiger partial charge on any atom is -0.546 e. The van der Waals surface area contributed by atoms with Gasteiger partial charge in [-0.15, -0.1) is 0 Å². The van der Waals surface area contributed by atoms with Crippen LogP contribution in [0.5, 0.6) is 0 Å². The van der Waals surface area contributed by atoms with Gasteiger partial charge in [-0.25, -0.2) is 0 Å². The first kappa shape index (κ1) is 9.71. The number of hydrogen-bond acceptors (Lipinski definition) is 4. The summed E-state index contributed by atoms with van der Waals surface area (Å²) in [4.78, 5) is 15.7. The lowest BCUT2D eigenvalue weighted by Gasteiger charge is -2.21. The number of hydrogen-bond donors (Lipinski definition) is 0. The summed E-state index contributed by atoms with van der Waals surface area (Å²) in [6.07, 6.45) is 0.235. The zero-order valence-electron chi connectivity index (χ0n) is 8.27. The number of nitrogens with zero attached hydrogens (tertiary/aromatic N) is 1. The molecule has 0 N–H and O–H groups in total. The molecular formula is C11H10NO3-. The molecule has 0 spiro atoms. The van der Waals surface area contributed by atoms with E-state index in [-0.39, 0.29) is 6.42 Å². The van der Waals surface area contributed by atoms with Crippen molar-refractivity contribution in [1.29, 1.82) is 0 Å². The second-order valence-corrected chi connectivity index (χ2v) is 3.69. The number of benzene rings is 1. The maximum absolute atomic E-state index is 10.8. The van der Waals surface area contributed by atoms with E-state index in [0.29, 0.717) is 5.71 Å². The highest BCUT2D eigenvalue weighted by Crippen LogP contribution is 2.25. The maximum atomic E-state index is 10.8. The highest BCUT2D eigenvalue weighted by Gasteiger charge is 2.36. The third-order valence-electron chi connectivity index (χ3n) is 2.40. The van der Waals surface area contributed by atoms with Crippen LogP contribution in [0.4, 0.5) is 0 Å². The van der Waals surface area contributed by atoms with Gasteiger partial charge in [0.1, 0.15) is 0 Å². The van der Waals surface area contributed by atoms with Crippen molar-refractivity contribution in [1.82, 2.24) is 0 Å². The van der Waals surface area contributed by atoms with Crippen LogP contribution in [0.2, 0.25) is 0 Å². The monoisotopic (exact) mass is 204 g/mol. The maximum Gasteiger partial charge on any atom is 0.179 e. The zero-order chi connectivity index (χ0) is 10.9. The summed E-state index contributed by atoms with van der Waals surface area (Å²) in [5.74, 6) is -1.24. The standard InChI is InChI=1S/C11H11NO3/c1-11(10(13)14)7-9(12-15-11)8-5-3-2-4-6-8/h2-6H,7H2,1H3,(H,13,14)/p-1/t11-/m0/s1. The van der Waals surface area contributed by atoms with Crippen molar-refractivity contribution in [2.45, 2.75) is 18.9 Å². The lowest BCUT2D eigenvalue weighted by Crippen LogP contribution is -2.46. The molecule has 1 aliphatic rings. The van der Waals surface area contributed by atoms with E-state index < -0.39 is 11.6 Å². The first-order valence-corrected chi connectivity index (χ1v) is 4.64. The van der Waals surface area contributed by atoms with Gasteiger partial charge in [-0.3, -0.25) is 0 Å². The van der Waals surface area contributed by atoms with Crippen molar-refractivity contribution in [2.75, 3.05) is 0 Å². The van der Waals surface area contributed by atoms with Crippen molar-refractivity contribution in [3.63, 3.8) is 0 Å². The van der Waals surface area contributed by atoms with Crippen molar-refractivity contribution in [3.8, 4) is 0 Å². The lowest BCUT2D eigenvalue weighted by atomic mass is 9.96. The number of carbonyl (C=O) groups excluding carboxylic acids is 1. The Morgan fingerprint density at radius 3 is 2.67 bits per heavy atom. The number of rotatable bonds is 2. The van der Waals surface area contributed by atoms with Crippen LogP contribution in [0, 0.1) is 0 Å². The summed E-state index contributed by atoms with van der Waals surface area (Å²) >= 11 is 0. The Hall–Kier alpha value is -1.84. The van der Waals surface area contributed by atoms with E-state index in [2.05, 4.69) is 5.16 Å². The van der Waals surface area contributed by atoms with Gasteiger partial charge in [0.05, 0.1) is 11.7 Å². The van der Waals surface area contributed by atoms with Crippen LogP contribution in [0.15, 0.2) is 35.5 Å². The number of carbonyl (C=O) groups is 1. The average Bonchev–Trinajstić information content (AvgIpc) is 2.64. The lowest BCUT2D eigenvalue weighted by molar-refractivity contribution is -0.324. The highest BCUT2D eigenvalue weighted by molar-refractivity contribution is 6.04. The highest BCUT2D eigenvalue weighted by atomic mass is 16.7. The van der Waals surface area contributed by atoms with Crippen molar-refractivity contribution < 1.29 is 14.7 Å². The van der Waals surface area contributed by atoms with Gasteiger partial charge in [0.15, 0.2) is 5.60 Å². The molecule has 1 atom stereocenters. The molecule has 0 bridgehead atoms. The fraction of sp³-hybridized carbons (Fsp3) is 0.273. The van der Waals surface area contributed by atoms with E-state index in [1.54, 1.807) is 0 Å². The first-order chi connectivity index (χ1) is 7.12. The van der Waals surface area contributed by atoms with Gasteiger partial charge in [-0.1, -0.05) is 35.5 Å². The van der Waals surface area contributed by atoms with E-state index in [9.17, 15) is 9.90 Å². The fourth-order valence-corrected chi connectivity index (χ4v) is 1.43. The minimum atomic E-state index is -1.33. The number of carboxylic acid groups (broad SMARTS) is 1. The number of oxime groups is 1. The van der Waals surface area contributed by atoms with Crippen LogP contribution in [0.3, 0.4) is 0 Å². The van der Waals surface area contributed by atoms with Crippen LogP contribution in [0.25, 0.3) is 0 Å². The average molecular weight is 204 g/mol. The largest absolute Gasteiger partial charge is 0.546 e. The second kappa shape index (κ2) is 3.38. The smallest absolute Gasteiger partial charge is 0.179 e. The summed E-state index contributed by atoms with van der Waals surface area (Å²) < 4.78 is 0. The Morgan fingerprint density at radius 1 is 1.47 bits per heavy atom. The molecule has 1 heterocycles. The van der Waals surface area contributed by atoms with Crippen LogP contribution in [0.1, 0.15) is 18.9 Å². The molecule has 1 aliphatic heterocycles. The normalized spacial score (nSPS) is 24.5. The van der Waals surface area contributed by atoms with Gasteiger partial charge in [0.25, 0.3) is 0 Å². The minimum absolute atomic E-state index is 0.235. The van der Waals surface area contributed by atoms with E-state index in [1.807, 2.05) is 30.3 Å². The van der Waals surface area contributed by atoms with Gasteiger partial charge in [0, 0.05) is 6.42 Å². The Bertz CT molecular complexity index is 413. The molecule has 0 aromatic heterocycles. The predicted molar refractivity (Wildman–Crippen MR) is 52.1 cm³/mol. The summed E-state index contributed by atoms with van der Waals surface area (Å²) in [6, 6.07) is 9.35. The molecule has 0 unspecified atom stereocenters. The molecule has 0 radical (unpaired) electrons. The van der Waals surface area contributed by atoms with Gasteiger partial charge in [-0.05, 0) is 12.5 Å². The molecule has 4 heteroatoms. The van der Waals surface area contributed by atoms with E-state index in [1.165, 1.54) is 6.92 Å². The molecule has 2 rings (SSSR count). The molecule has 1 aromatic rings. The summed E-state index contributed by atoms with van der Waals surface area (Å²) in [5, 5.41) is 14.6. The molecule has 1 aromatic carbocycles. The van der Waals surface area contributed by atoms with E-state index in [0.717, 1.165) is 5.56 Å². The van der Waals surface area contributed by atoms with Crippen molar-refractivity contribution >= 4 is 11.7 Å².